The van der Waals surface area contributed by atoms with Crippen molar-refractivity contribution < 1.29 is 11.0 Å². The Hall–Kier alpha value is -5.14. The topological polar surface area (TPSA) is 3.24 Å². The molecule has 0 saturated carbocycles. The summed E-state index contributed by atoms with van der Waals surface area (Å²) < 4.78 is 73.4. The van der Waals surface area contributed by atoms with Gasteiger partial charge in [-0.2, -0.15) is 0 Å². The molecular weight excluding hydrogens is 470 g/mol. The minimum Gasteiger partial charge on any atom is -0.310 e. The standard InChI is InChI=1S/C38H27N/c1-2-11-28(12-3-1)29-23-25-33(26-24-29)39(38-22-10-16-31-14-5-7-20-37(31)38)34-18-8-17-32(27-34)36-21-9-15-30-13-4-6-19-35(30)36/h1-27H/i8D,17D,18D,23D,24D,25D,26D,27D. The van der Waals surface area contributed by atoms with Gasteiger partial charge in [0, 0.05) is 16.8 Å². The number of rotatable bonds is 5. The van der Waals surface area contributed by atoms with Crippen LogP contribution in [0.4, 0.5) is 17.1 Å². The van der Waals surface area contributed by atoms with Gasteiger partial charge in [-0.25, -0.2) is 0 Å². The van der Waals surface area contributed by atoms with Gasteiger partial charge in [-0.15, -0.1) is 0 Å². The average Bonchev–Trinajstić information content (AvgIpc) is 3.10. The molecule has 0 unspecified atom stereocenters. The van der Waals surface area contributed by atoms with Crippen LogP contribution in [-0.4, -0.2) is 0 Å². The van der Waals surface area contributed by atoms with E-state index in [4.69, 9.17) is 5.48 Å². The van der Waals surface area contributed by atoms with Gasteiger partial charge < -0.3 is 4.90 Å². The van der Waals surface area contributed by atoms with E-state index < -0.39 is 12.1 Å². The van der Waals surface area contributed by atoms with Crippen LogP contribution in [0.15, 0.2) is 164 Å². The van der Waals surface area contributed by atoms with Gasteiger partial charge in [0.1, 0.15) is 0 Å². The van der Waals surface area contributed by atoms with E-state index in [1.807, 2.05) is 72.8 Å². The van der Waals surface area contributed by atoms with Crippen molar-refractivity contribution in [2.24, 2.45) is 0 Å². The molecule has 0 aliphatic heterocycles. The van der Waals surface area contributed by atoms with Crippen LogP contribution in [0.3, 0.4) is 0 Å². The van der Waals surface area contributed by atoms with Gasteiger partial charge in [0.05, 0.1) is 16.7 Å². The van der Waals surface area contributed by atoms with Gasteiger partial charge in [0.25, 0.3) is 0 Å². The second-order valence-corrected chi connectivity index (χ2v) is 9.17. The summed E-state index contributed by atoms with van der Waals surface area (Å²) in [6.07, 6.45) is 0. The largest absolute Gasteiger partial charge is 0.310 e. The summed E-state index contributed by atoms with van der Waals surface area (Å²) in [5, 5.41) is 3.16. The number of fused-ring (bicyclic) bond motifs is 2. The number of hydrogen-bond donors (Lipinski definition) is 0. The molecule has 0 aliphatic rings. The number of anilines is 3. The van der Waals surface area contributed by atoms with E-state index in [1.54, 1.807) is 42.5 Å². The van der Waals surface area contributed by atoms with Gasteiger partial charge in [0.2, 0.25) is 0 Å². The molecular formula is C38H27N. The lowest BCUT2D eigenvalue weighted by Gasteiger charge is -2.27. The molecule has 0 saturated heterocycles. The van der Waals surface area contributed by atoms with Gasteiger partial charge in [-0.1, -0.05) is 133 Å². The average molecular weight is 506 g/mol. The molecule has 7 aromatic rings. The molecule has 0 bridgehead atoms. The summed E-state index contributed by atoms with van der Waals surface area (Å²) in [5.74, 6) is 0. The third-order valence-electron chi connectivity index (χ3n) is 6.80. The molecule has 39 heavy (non-hydrogen) atoms. The van der Waals surface area contributed by atoms with Crippen molar-refractivity contribution >= 4 is 38.6 Å². The smallest absolute Gasteiger partial charge is 0.0651 e. The van der Waals surface area contributed by atoms with Crippen molar-refractivity contribution in [2.75, 3.05) is 4.90 Å². The maximum atomic E-state index is 9.62. The first-order valence-electron chi connectivity index (χ1n) is 16.7. The van der Waals surface area contributed by atoms with Crippen molar-refractivity contribution in [3.05, 3.63) is 164 Å². The van der Waals surface area contributed by atoms with Crippen LogP contribution >= 0.6 is 0 Å². The Morgan fingerprint density at radius 1 is 0.436 bits per heavy atom. The third kappa shape index (κ3) is 4.35. The van der Waals surface area contributed by atoms with Crippen LogP contribution < -0.4 is 4.90 Å². The first kappa shape index (κ1) is 16.0. The van der Waals surface area contributed by atoms with Crippen LogP contribution in [0.1, 0.15) is 11.0 Å². The SMILES string of the molecule is [2H]c1c([2H])c(-c2cccc3ccccc23)c([2H])c(N(c2c([2H])c([2H])c(-c3ccccc3)c([2H])c2[2H])c2cccc3ccccc23)c1[2H]. The summed E-state index contributed by atoms with van der Waals surface area (Å²) in [6, 6.07) is 32.2. The molecule has 1 heteroatoms. The summed E-state index contributed by atoms with van der Waals surface area (Å²) in [4.78, 5) is 1.41. The first-order chi connectivity index (χ1) is 22.7. The van der Waals surface area contributed by atoms with E-state index in [0.29, 0.717) is 22.2 Å². The molecule has 0 atom stereocenters. The highest BCUT2D eigenvalue weighted by Gasteiger charge is 2.16. The second-order valence-electron chi connectivity index (χ2n) is 9.17. The molecule has 0 N–H and O–H groups in total. The van der Waals surface area contributed by atoms with E-state index >= 15 is 0 Å². The molecule has 0 radical (unpaired) electrons. The fourth-order valence-corrected chi connectivity index (χ4v) is 4.95. The highest BCUT2D eigenvalue weighted by atomic mass is 15.1. The van der Waals surface area contributed by atoms with Crippen LogP contribution in [0, 0.1) is 0 Å². The number of nitrogens with zero attached hydrogens (tertiary/aromatic N) is 1. The van der Waals surface area contributed by atoms with Crippen LogP contribution in [0.5, 0.6) is 0 Å². The van der Waals surface area contributed by atoms with E-state index in [-0.39, 0.29) is 58.8 Å². The molecule has 184 valence electrons. The summed E-state index contributed by atoms with van der Waals surface area (Å²) >= 11 is 0. The van der Waals surface area contributed by atoms with E-state index in [2.05, 4.69) is 0 Å². The fourth-order valence-electron chi connectivity index (χ4n) is 4.95. The van der Waals surface area contributed by atoms with Gasteiger partial charge in [-0.05, 0) is 68.6 Å². The molecule has 7 aromatic carbocycles. The zero-order valence-electron chi connectivity index (χ0n) is 28.9. The Bertz CT molecular complexity index is 2310. The Balaban J connectivity index is 1.62. The summed E-state index contributed by atoms with van der Waals surface area (Å²) in [7, 11) is 0. The predicted molar refractivity (Wildman–Crippen MR) is 167 cm³/mol. The van der Waals surface area contributed by atoms with E-state index in [9.17, 15) is 5.48 Å². The lowest BCUT2D eigenvalue weighted by Crippen LogP contribution is -2.10. The fraction of sp³-hybridized carbons (Fsp3) is 0. The monoisotopic (exact) mass is 505 g/mol. The zero-order chi connectivity index (χ0) is 33.0. The second kappa shape index (κ2) is 9.96. The van der Waals surface area contributed by atoms with Gasteiger partial charge in [-0.3, -0.25) is 0 Å². The van der Waals surface area contributed by atoms with Crippen molar-refractivity contribution in [3.8, 4) is 22.3 Å². The molecule has 1 nitrogen and oxygen atoms in total. The van der Waals surface area contributed by atoms with Crippen molar-refractivity contribution in [3.63, 3.8) is 0 Å². The normalized spacial score (nSPS) is 13.9. The Morgan fingerprint density at radius 2 is 1.08 bits per heavy atom. The molecule has 7 rings (SSSR count). The quantitative estimate of drug-likeness (QED) is 0.225. The molecule has 0 amide bonds. The maximum absolute atomic E-state index is 9.62. The lowest BCUT2D eigenvalue weighted by molar-refractivity contribution is 1.30. The summed E-state index contributed by atoms with van der Waals surface area (Å²) in [5.41, 5.74) is 1.50. The molecule has 0 aliphatic carbocycles. The van der Waals surface area contributed by atoms with Crippen molar-refractivity contribution in [1.29, 1.82) is 0 Å². The van der Waals surface area contributed by atoms with Crippen molar-refractivity contribution in [1.82, 2.24) is 0 Å². The number of benzene rings is 7. The van der Waals surface area contributed by atoms with Gasteiger partial charge in [0.15, 0.2) is 0 Å². The summed E-state index contributed by atoms with van der Waals surface area (Å²) in [6.45, 7) is 0. The van der Waals surface area contributed by atoms with Crippen LogP contribution in [-0.2, 0) is 0 Å². The Labute approximate surface area is 240 Å². The van der Waals surface area contributed by atoms with Crippen LogP contribution in [0.2, 0.25) is 0 Å². The minimum absolute atomic E-state index is 0.112. The highest BCUT2D eigenvalue weighted by Crippen LogP contribution is 2.41. The maximum Gasteiger partial charge on any atom is 0.0651 e. The molecule has 0 fully saturated rings. The van der Waals surface area contributed by atoms with E-state index in [0.717, 1.165) is 16.2 Å². The number of hydrogen-bond acceptors (Lipinski definition) is 1. The van der Waals surface area contributed by atoms with Crippen molar-refractivity contribution in [2.45, 2.75) is 0 Å². The van der Waals surface area contributed by atoms with Crippen LogP contribution in [0.25, 0.3) is 43.8 Å². The Kier molecular flexibility index (Phi) is 4.08. The first-order valence-corrected chi connectivity index (χ1v) is 12.7. The highest BCUT2D eigenvalue weighted by molar-refractivity contribution is 6.00. The predicted octanol–water partition coefficient (Wildman–Crippen LogP) is 10.8. The van der Waals surface area contributed by atoms with Gasteiger partial charge >= 0.3 is 0 Å². The zero-order valence-corrected chi connectivity index (χ0v) is 20.9. The Morgan fingerprint density at radius 3 is 1.87 bits per heavy atom. The molecule has 0 heterocycles. The lowest BCUT2D eigenvalue weighted by atomic mass is 9.97. The molecule has 0 spiro atoms. The minimum atomic E-state index is -0.430. The van der Waals surface area contributed by atoms with E-state index in [1.165, 1.54) is 4.90 Å². The molecule has 0 aromatic heterocycles. The third-order valence-corrected chi connectivity index (χ3v) is 6.80.